The molecule has 27 heavy (non-hydrogen) atoms. The average Bonchev–Trinajstić information content (AvgIpc) is 2.89. The van der Waals surface area contributed by atoms with Crippen molar-refractivity contribution < 1.29 is 21.2 Å². The van der Waals surface area contributed by atoms with Crippen LogP contribution in [0.15, 0.2) is 47.4 Å². The lowest BCUT2D eigenvalue weighted by molar-refractivity contribution is 0.525. The fourth-order valence-corrected chi connectivity index (χ4v) is 8.33. The molecular formula is C18H19ClFNO4S2. The lowest BCUT2D eigenvalue weighted by Gasteiger charge is -2.21. The lowest BCUT2D eigenvalue weighted by Crippen LogP contribution is -2.43. The van der Waals surface area contributed by atoms with E-state index in [4.69, 9.17) is 11.6 Å². The highest BCUT2D eigenvalue weighted by molar-refractivity contribution is 7.96. The van der Waals surface area contributed by atoms with Crippen LogP contribution in [0, 0.1) is 12.7 Å². The molecule has 2 atom stereocenters. The normalized spacial score (nSPS) is 22.0. The standard InChI is InChI=1S/C18H19ClFNO4S2/c1-12-8-15(20)6-7-17(12)27(24,25)18-11-26(22,23)10-16(18)21-9-13-2-4-14(19)5-3-13/h2-8,16,18,21H,9-11H2,1H3/t16-,18-/m0/s1. The van der Waals surface area contributed by atoms with Gasteiger partial charge in [-0.05, 0) is 48.4 Å². The molecule has 0 radical (unpaired) electrons. The third-order valence-electron chi connectivity index (χ3n) is 4.62. The van der Waals surface area contributed by atoms with Crippen molar-refractivity contribution in [1.29, 1.82) is 0 Å². The minimum absolute atomic E-state index is 0.0377. The summed E-state index contributed by atoms with van der Waals surface area (Å²) in [5.41, 5.74) is 1.12. The van der Waals surface area contributed by atoms with E-state index in [9.17, 15) is 21.2 Å². The molecule has 1 aliphatic heterocycles. The summed E-state index contributed by atoms with van der Waals surface area (Å²) < 4.78 is 63.8. The van der Waals surface area contributed by atoms with Crippen molar-refractivity contribution in [3.05, 3.63) is 64.4 Å². The van der Waals surface area contributed by atoms with Gasteiger partial charge < -0.3 is 5.32 Å². The van der Waals surface area contributed by atoms with Crippen LogP contribution in [-0.4, -0.2) is 39.6 Å². The van der Waals surface area contributed by atoms with Gasteiger partial charge in [-0.2, -0.15) is 0 Å². The number of benzene rings is 2. The number of sulfone groups is 2. The van der Waals surface area contributed by atoms with Gasteiger partial charge in [0.25, 0.3) is 0 Å². The van der Waals surface area contributed by atoms with Crippen LogP contribution in [0.5, 0.6) is 0 Å². The van der Waals surface area contributed by atoms with E-state index >= 15 is 0 Å². The molecule has 146 valence electrons. The van der Waals surface area contributed by atoms with Crippen LogP contribution in [0.3, 0.4) is 0 Å². The molecule has 0 bridgehead atoms. The molecule has 0 saturated carbocycles. The Bertz CT molecular complexity index is 1050. The summed E-state index contributed by atoms with van der Waals surface area (Å²) in [4.78, 5) is -0.0377. The first-order chi connectivity index (χ1) is 12.6. The van der Waals surface area contributed by atoms with Crippen LogP contribution in [0.2, 0.25) is 5.02 Å². The van der Waals surface area contributed by atoms with Crippen LogP contribution >= 0.6 is 11.6 Å². The minimum atomic E-state index is -3.95. The van der Waals surface area contributed by atoms with E-state index < -0.39 is 42.5 Å². The summed E-state index contributed by atoms with van der Waals surface area (Å²) in [5.74, 6) is -1.25. The van der Waals surface area contributed by atoms with E-state index in [-0.39, 0.29) is 16.2 Å². The fourth-order valence-electron chi connectivity index (χ4n) is 3.26. The van der Waals surface area contributed by atoms with Gasteiger partial charge in [-0.3, -0.25) is 0 Å². The summed E-state index contributed by atoms with van der Waals surface area (Å²) in [6.07, 6.45) is 0. The lowest BCUT2D eigenvalue weighted by atomic mass is 10.2. The van der Waals surface area contributed by atoms with Crippen molar-refractivity contribution in [1.82, 2.24) is 5.32 Å². The Morgan fingerprint density at radius 3 is 2.44 bits per heavy atom. The van der Waals surface area contributed by atoms with Crippen LogP contribution in [0.25, 0.3) is 0 Å². The second-order valence-corrected chi connectivity index (χ2v) is 11.4. The third kappa shape index (κ3) is 4.51. The predicted molar refractivity (Wildman–Crippen MR) is 103 cm³/mol. The topological polar surface area (TPSA) is 80.3 Å². The van der Waals surface area contributed by atoms with Crippen molar-refractivity contribution in [3.8, 4) is 0 Å². The van der Waals surface area contributed by atoms with Crippen molar-refractivity contribution in [2.45, 2.75) is 29.7 Å². The van der Waals surface area contributed by atoms with Crippen LogP contribution in [0.1, 0.15) is 11.1 Å². The smallest absolute Gasteiger partial charge is 0.184 e. The average molecular weight is 432 g/mol. The van der Waals surface area contributed by atoms with Gasteiger partial charge in [0.1, 0.15) is 5.82 Å². The molecule has 9 heteroatoms. The molecule has 0 unspecified atom stereocenters. The monoisotopic (exact) mass is 431 g/mol. The maximum atomic E-state index is 13.3. The molecule has 1 N–H and O–H groups in total. The van der Waals surface area contributed by atoms with Gasteiger partial charge in [0.2, 0.25) is 0 Å². The SMILES string of the molecule is Cc1cc(F)ccc1S(=O)(=O)[C@H]1CS(=O)(=O)C[C@@H]1NCc1ccc(Cl)cc1. The first-order valence-corrected chi connectivity index (χ1v) is 12.0. The zero-order valence-corrected chi connectivity index (χ0v) is 16.9. The fraction of sp³-hybridized carbons (Fsp3) is 0.333. The molecule has 0 spiro atoms. The molecule has 1 aliphatic rings. The Labute approximate surface area is 163 Å². The Balaban J connectivity index is 1.87. The van der Waals surface area contributed by atoms with Crippen molar-refractivity contribution >= 4 is 31.3 Å². The van der Waals surface area contributed by atoms with E-state index in [2.05, 4.69) is 5.32 Å². The maximum Gasteiger partial charge on any atom is 0.184 e. The van der Waals surface area contributed by atoms with Gasteiger partial charge in [0.05, 0.1) is 21.7 Å². The molecule has 0 amide bonds. The van der Waals surface area contributed by atoms with E-state index in [0.29, 0.717) is 11.6 Å². The quantitative estimate of drug-likeness (QED) is 0.736. The first kappa shape index (κ1) is 20.3. The van der Waals surface area contributed by atoms with E-state index in [0.717, 1.165) is 17.7 Å². The van der Waals surface area contributed by atoms with Gasteiger partial charge in [-0.15, -0.1) is 0 Å². The second kappa shape index (κ2) is 7.50. The molecule has 2 aromatic carbocycles. The van der Waals surface area contributed by atoms with Gasteiger partial charge in [-0.25, -0.2) is 21.2 Å². The number of nitrogens with one attached hydrogen (secondary N) is 1. The number of hydrogen-bond acceptors (Lipinski definition) is 5. The zero-order valence-electron chi connectivity index (χ0n) is 14.5. The minimum Gasteiger partial charge on any atom is -0.308 e. The molecule has 1 heterocycles. The molecule has 0 aliphatic carbocycles. The molecule has 3 rings (SSSR count). The highest BCUT2D eigenvalue weighted by atomic mass is 35.5. The summed E-state index contributed by atoms with van der Waals surface area (Å²) in [5, 5.41) is 2.51. The van der Waals surface area contributed by atoms with Crippen molar-refractivity contribution in [2.24, 2.45) is 0 Å². The van der Waals surface area contributed by atoms with E-state index in [1.54, 1.807) is 24.3 Å². The van der Waals surface area contributed by atoms with Crippen molar-refractivity contribution in [2.75, 3.05) is 11.5 Å². The number of halogens is 2. The summed E-state index contributed by atoms with van der Waals surface area (Å²) in [6, 6.07) is 9.63. The Morgan fingerprint density at radius 2 is 1.81 bits per heavy atom. The summed E-state index contributed by atoms with van der Waals surface area (Å²) >= 11 is 5.85. The third-order valence-corrected chi connectivity index (χ3v) is 9.18. The van der Waals surface area contributed by atoms with Crippen LogP contribution < -0.4 is 5.32 Å². The summed E-state index contributed by atoms with van der Waals surface area (Å²) in [7, 11) is -7.45. The molecule has 1 fully saturated rings. The largest absolute Gasteiger partial charge is 0.308 e. The second-order valence-electron chi connectivity index (χ2n) is 6.68. The Hall–Kier alpha value is -1.48. The molecule has 2 aromatic rings. The molecular weight excluding hydrogens is 413 g/mol. The highest BCUT2D eigenvalue weighted by Crippen LogP contribution is 2.28. The number of aryl methyl sites for hydroxylation is 1. The van der Waals surface area contributed by atoms with Crippen LogP contribution in [-0.2, 0) is 26.2 Å². The van der Waals surface area contributed by atoms with Gasteiger partial charge in [0, 0.05) is 17.6 Å². The number of rotatable bonds is 5. The van der Waals surface area contributed by atoms with Gasteiger partial charge >= 0.3 is 0 Å². The van der Waals surface area contributed by atoms with Gasteiger partial charge in [0.15, 0.2) is 19.7 Å². The Kier molecular flexibility index (Phi) is 5.63. The molecule has 0 aromatic heterocycles. The van der Waals surface area contributed by atoms with Crippen LogP contribution in [0.4, 0.5) is 4.39 Å². The highest BCUT2D eigenvalue weighted by Gasteiger charge is 2.46. The zero-order chi connectivity index (χ0) is 19.8. The predicted octanol–water partition coefficient (Wildman–Crippen LogP) is 2.52. The first-order valence-electron chi connectivity index (χ1n) is 8.27. The number of hydrogen-bond donors (Lipinski definition) is 1. The van der Waals surface area contributed by atoms with E-state index in [1.165, 1.54) is 13.0 Å². The Morgan fingerprint density at radius 1 is 1.15 bits per heavy atom. The van der Waals surface area contributed by atoms with E-state index in [1.807, 2.05) is 0 Å². The maximum absolute atomic E-state index is 13.3. The summed E-state index contributed by atoms with van der Waals surface area (Å²) in [6.45, 7) is 1.81. The molecule has 1 saturated heterocycles. The van der Waals surface area contributed by atoms with Crippen molar-refractivity contribution in [3.63, 3.8) is 0 Å². The van der Waals surface area contributed by atoms with Gasteiger partial charge in [-0.1, -0.05) is 23.7 Å². The molecule has 5 nitrogen and oxygen atoms in total.